The Hall–Kier alpha value is -5.16. The molecule has 9 nitrogen and oxygen atoms in total. The zero-order valence-corrected chi connectivity index (χ0v) is 25.0. The summed E-state index contributed by atoms with van der Waals surface area (Å²) in [6.07, 6.45) is 4.11. The Bertz CT molecular complexity index is 1920. The molecule has 3 aromatic carbocycles. The van der Waals surface area contributed by atoms with Crippen molar-refractivity contribution in [3.05, 3.63) is 101 Å². The number of carbonyl (C=O) groups excluding carboxylic acids is 2. The normalized spacial score (nSPS) is 17.5. The molecule has 0 unspecified atom stereocenters. The number of aromatic nitrogens is 2. The Balaban J connectivity index is 1.46. The molecule has 1 aliphatic rings. The fraction of sp³-hybridized carbons (Fsp3) is 0.235. The molecule has 1 saturated carbocycles. The molecule has 2 amide bonds. The SMILES string of the molecule is CNC(=O)c1c(-c2ccc(F)cc2)oc2ccc(-c3cc(C(=O)NC4(c5ncccn5)CC(OC)C4)c(OC)cc3C)c(F)c12. The van der Waals surface area contributed by atoms with Crippen LogP contribution in [0.15, 0.2) is 71.4 Å². The van der Waals surface area contributed by atoms with Crippen LogP contribution in [0.5, 0.6) is 5.75 Å². The van der Waals surface area contributed by atoms with E-state index < -0.39 is 29.0 Å². The number of carbonyl (C=O) groups is 2. The first kappa shape index (κ1) is 29.9. The van der Waals surface area contributed by atoms with Crippen molar-refractivity contribution in [3.8, 4) is 28.2 Å². The van der Waals surface area contributed by atoms with Crippen LogP contribution in [0, 0.1) is 18.6 Å². The van der Waals surface area contributed by atoms with Gasteiger partial charge in [-0.15, -0.1) is 0 Å². The van der Waals surface area contributed by atoms with E-state index in [2.05, 4.69) is 20.6 Å². The highest BCUT2D eigenvalue weighted by atomic mass is 19.1. The minimum atomic E-state index is -0.852. The lowest BCUT2D eigenvalue weighted by Crippen LogP contribution is -2.58. The number of nitrogens with one attached hydrogen (secondary N) is 2. The number of aryl methyl sites for hydroxylation is 1. The van der Waals surface area contributed by atoms with Crippen molar-refractivity contribution in [2.75, 3.05) is 21.3 Å². The number of nitrogens with zero attached hydrogens (tertiary/aromatic N) is 2. The van der Waals surface area contributed by atoms with Gasteiger partial charge in [-0.25, -0.2) is 18.7 Å². The van der Waals surface area contributed by atoms with Crippen LogP contribution in [0.3, 0.4) is 0 Å². The summed E-state index contributed by atoms with van der Waals surface area (Å²) in [4.78, 5) is 35.7. The van der Waals surface area contributed by atoms with Gasteiger partial charge in [0.15, 0.2) is 5.82 Å². The van der Waals surface area contributed by atoms with Gasteiger partial charge in [-0.2, -0.15) is 0 Å². The van der Waals surface area contributed by atoms with Crippen molar-refractivity contribution in [2.45, 2.75) is 31.4 Å². The first-order valence-corrected chi connectivity index (χ1v) is 14.2. The predicted molar refractivity (Wildman–Crippen MR) is 163 cm³/mol. The van der Waals surface area contributed by atoms with Crippen molar-refractivity contribution in [2.24, 2.45) is 0 Å². The maximum atomic E-state index is 16.6. The van der Waals surface area contributed by atoms with Crippen molar-refractivity contribution >= 4 is 22.8 Å². The molecule has 5 aromatic rings. The molecule has 1 aliphatic carbocycles. The molecular formula is C34H30F2N4O5. The van der Waals surface area contributed by atoms with E-state index in [1.807, 2.05) is 0 Å². The van der Waals surface area contributed by atoms with Gasteiger partial charge in [0.25, 0.3) is 11.8 Å². The molecular weight excluding hydrogens is 582 g/mol. The van der Waals surface area contributed by atoms with Crippen LogP contribution in [0.4, 0.5) is 8.78 Å². The zero-order valence-electron chi connectivity index (χ0n) is 25.0. The Kier molecular flexibility index (Phi) is 7.80. The maximum Gasteiger partial charge on any atom is 0.255 e. The van der Waals surface area contributed by atoms with E-state index in [0.29, 0.717) is 41.1 Å². The quantitative estimate of drug-likeness (QED) is 0.223. The van der Waals surface area contributed by atoms with Gasteiger partial charge in [0.1, 0.15) is 34.3 Å². The standard InChI is InChI=1S/C34H30F2N4O5/c1-18-14-26(44-4)24(31(41)40-34(16-21(17-34)43-3)33-38-12-5-13-39-33)15-23(18)22-10-11-25-27(29(22)36)28(32(42)37-2)30(45-25)19-6-8-20(35)9-7-19/h5-15,21H,16-17H2,1-4H3,(H,37,42)(H,40,41). The summed E-state index contributed by atoms with van der Waals surface area (Å²) in [5, 5.41) is 5.60. The van der Waals surface area contributed by atoms with E-state index in [1.165, 1.54) is 44.5 Å². The predicted octanol–water partition coefficient (Wildman–Crippen LogP) is 5.95. The lowest BCUT2D eigenvalue weighted by molar-refractivity contribution is -0.0336. The smallest absolute Gasteiger partial charge is 0.255 e. The molecule has 0 aliphatic heterocycles. The molecule has 45 heavy (non-hydrogen) atoms. The Morgan fingerprint density at radius 2 is 1.69 bits per heavy atom. The second-order valence-corrected chi connectivity index (χ2v) is 10.9. The molecule has 0 spiro atoms. The summed E-state index contributed by atoms with van der Waals surface area (Å²) in [7, 11) is 4.50. The van der Waals surface area contributed by atoms with Gasteiger partial charge in [-0.1, -0.05) is 0 Å². The highest BCUT2D eigenvalue weighted by Gasteiger charge is 2.49. The van der Waals surface area contributed by atoms with Crippen LogP contribution in [0.1, 0.15) is 44.9 Å². The molecule has 2 aromatic heterocycles. The lowest BCUT2D eigenvalue weighted by atomic mass is 9.73. The average Bonchev–Trinajstić information content (AvgIpc) is 3.43. The number of fused-ring (bicyclic) bond motifs is 1. The molecule has 0 bridgehead atoms. The summed E-state index contributed by atoms with van der Waals surface area (Å²) >= 11 is 0. The maximum absolute atomic E-state index is 16.6. The molecule has 11 heteroatoms. The summed E-state index contributed by atoms with van der Waals surface area (Å²) in [6, 6.07) is 13.4. The van der Waals surface area contributed by atoms with E-state index in [0.717, 1.165) is 0 Å². The number of hydrogen-bond donors (Lipinski definition) is 2. The van der Waals surface area contributed by atoms with Gasteiger partial charge in [-0.05, 0) is 72.6 Å². The Morgan fingerprint density at radius 1 is 0.978 bits per heavy atom. The number of hydrogen-bond acceptors (Lipinski definition) is 7. The molecule has 2 N–H and O–H groups in total. The fourth-order valence-corrected chi connectivity index (χ4v) is 5.88. The molecule has 1 fully saturated rings. The number of methoxy groups -OCH3 is 2. The second kappa shape index (κ2) is 11.7. The van der Waals surface area contributed by atoms with Crippen molar-refractivity contribution in [3.63, 3.8) is 0 Å². The van der Waals surface area contributed by atoms with Crippen LogP contribution in [-0.2, 0) is 10.3 Å². The highest BCUT2D eigenvalue weighted by molar-refractivity contribution is 6.12. The summed E-state index contributed by atoms with van der Waals surface area (Å²) in [6.45, 7) is 1.77. The highest BCUT2D eigenvalue weighted by Crippen LogP contribution is 2.43. The second-order valence-electron chi connectivity index (χ2n) is 10.9. The van der Waals surface area contributed by atoms with Crippen molar-refractivity contribution in [1.29, 1.82) is 0 Å². The molecule has 2 heterocycles. The third kappa shape index (κ3) is 5.18. The molecule has 6 rings (SSSR count). The van der Waals surface area contributed by atoms with Gasteiger partial charge in [0.05, 0.1) is 29.7 Å². The molecule has 230 valence electrons. The topological polar surface area (TPSA) is 116 Å². The Morgan fingerprint density at radius 3 is 2.33 bits per heavy atom. The van der Waals surface area contributed by atoms with Gasteiger partial charge in [0, 0.05) is 50.5 Å². The first-order chi connectivity index (χ1) is 21.7. The first-order valence-electron chi connectivity index (χ1n) is 14.2. The number of halogens is 2. The minimum absolute atomic E-state index is 0.0231. The number of ether oxygens (including phenoxy) is 2. The van der Waals surface area contributed by atoms with Crippen LogP contribution in [0.25, 0.3) is 33.4 Å². The van der Waals surface area contributed by atoms with Crippen molar-refractivity contribution < 1.29 is 32.3 Å². The Labute approximate surface area is 257 Å². The largest absolute Gasteiger partial charge is 0.496 e. The lowest BCUT2D eigenvalue weighted by Gasteiger charge is -2.46. The van der Waals surface area contributed by atoms with Crippen LogP contribution >= 0.6 is 0 Å². The number of amides is 2. The van der Waals surface area contributed by atoms with E-state index >= 15 is 4.39 Å². The van der Waals surface area contributed by atoms with Crippen molar-refractivity contribution in [1.82, 2.24) is 20.6 Å². The van der Waals surface area contributed by atoms with Gasteiger partial charge < -0.3 is 24.5 Å². The number of rotatable bonds is 8. The summed E-state index contributed by atoms with van der Waals surface area (Å²) < 4.78 is 47.2. The third-order valence-electron chi connectivity index (χ3n) is 8.27. The van der Waals surface area contributed by atoms with Gasteiger partial charge in [-0.3, -0.25) is 9.59 Å². The van der Waals surface area contributed by atoms with Crippen LogP contribution < -0.4 is 15.4 Å². The van der Waals surface area contributed by atoms with Gasteiger partial charge >= 0.3 is 0 Å². The summed E-state index contributed by atoms with van der Waals surface area (Å²) in [5.41, 5.74) is 1.06. The van der Waals surface area contributed by atoms with E-state index in [9.17, 15) is 14.0 Å². The zero-order chi connectivity index (χ0) is 31.9. The molecule has 0 radical (unpaired) electrons. The van der Waals surface area contributed by atoms with E-state index in [4.69, 9.17) is 13.9 Å². The number of benzene rings is 3. The minimum Gasteiger partial charge on any atom is -0.496 e. The third-order valence-corrected chi connectivity index (χ3v) is 8.27. The van der Waals surface area contributed by atoms with Crippen LogP contribution in [-0.4, -0.2) is 49.2 Å². The molecule has 0 saturated heterocycles. The monoisotopic (exact) mass is 612 g/mol. The fourth-order valence-electron chi connectivity index (χ4n) is 5.88. The van der Waals surface area contributed by atoms with E-state index in [-0.39, 0.29) is 39.5 Å². The average molecular weight is 613 g/mol. The molecule has 0 atom stereocenters. The van der Waals surface area contributed by atoms with Crippen LogP contribution in [0.2, 0.25) is 0 Å². The van der Waals surface area contributed by atoms with Gasteiger partial charge in [0.2, 0.25) is 0 Å². The number of furan rings is 1. The summed E-state index contributed by atoms with van der Waals surface area (Å²) in [5.74, 6) is -1.32. The van der Waals surface area contributed by atoms with E-state index in [1.54, 1.807) is 50.7 Å².